The van der Waals surface area contributed by atoms with Crippen LogP contribution in [-0.4, -0.2) is 39.6 Å². The van der Waals surface area contributed by atoms with E-state index in [0.717, 1.165) is 0 Å². The molecular formula is C15H21NO4S. The molecule has 1 rings (SSSR count). The van der Waals surface area contributed by atoms with E-state index in [1.165, 1.54) is 12.1 Å². The number of hydrogen-bond acceptors (Lipinski definition) is 5. The van der Waals surface area contributed by atoms with Crippen molar-refractivity contribution in [2.45, 2.75) is 31.3 Å². The molecule has 6 heteroatoms. The van der Waals surface area contributed by atoms with Crippen molar-refractivity contribution in [3.63, 3.8) is 0 Å². The van der Waals surface area contributed by atoms with E-state index in [-0.39, 0.29) is 22.9 Å². The molecule has 0 unspecified atom stereocenters. The molecule has 0 amide bonds. The average Bonchev–Trinajstić information content (AvgIpc) is 2.41. The molecule has 21 heavy (non-hydrogen) atoms. The average molecular weight is 311 g/mol. The zero-order valence-corrected chi connectivity index (χ0v) is 13.4. The van der Waals surface area contributed by atoms with Gasteiger partial charge in [-0.3, -0.25) is 0 Å². The molecule has 5 nitrogen and oxygen atoms in total. The lowest BCUT2D eigenvalue weighted by molar-refractivity contribution is -0.0329. The predicted octanol–water partition coefficient (Wildman–Crippen LogP) is 2.16. The van der Waals surface area contributed by atoms with Crippen LogP contribution in [0.4, 0.5) is 0 Å². The van der Waals surface area contributed by atoms with Gasteiger partial charge in [-0.2, -0.15) is 5.26 Å². The summed E-state index contributed by atoms with van der Waals surface area (Å²) in [5.74, 6) is -0.114. The molecule has 0 aliphatic carbocycles. The highest BCUT2D eigenvalue weighted by Gasteiger charge is 2.15. The highest BCUT2D eigenvalue weighted by molar-refractivity contribution is 7.91. The molecular weight excluding hydrogens is 290 g/mol. The summed E-state index contributed by atoms with van der Waals surface area (Å²) in [4.78, 5) is 0.149. The molecule has 0 aliphatic heterocycles. The van der Waals surface area contributed by atoms with E-state index in [4.69, 9.17) is 14.7 Å². The third kappa shape index (κ3) is 6.71. The lowest BCUT2D eigenvalue weighted by atomic mass is 10.2. The third-order valence-corrected chi connectivity index (χ3v) is 4.26. The van der Waals surface area contributed by atoms with E-state index in [1.54, 1.807) is 12.1 Å². The maximum atomic E-state index is 12.1. The fourth-order valence-electron chi connectivity index (χ4n) is 1.55. The van der Waals surface area contributed by atoms with Gasteiger partial charge in [0.1, 0.15) is 0 Å². The first kappa shape index (κ1) is 17.6. The topological polar surface area (TPSA) is 76.4 Å². The highest BCUT2D eigenvalue weighted by atomic mass is 32.2. The molecule has 0 aliphatic rings. The van der Waals surface area contributed by atoms with Crippen LogP contribution < -0.4 is 0 Å². The van der Waals surface area contributed by atoms with Crippen molar-refractivity contribution in [1.29, 1.82) is 5.26 Å². The molecule has 0 spiro atoms. The van der Waals surface area contributed by atoms with Gasteiger partial charge in [0, 0.05) is 0 Å². The summed E-state index contributed by atoms with van der Waals surface area (Å²) in [7, 11) is -3.43. The van der Waals surface area contributed by atoms with E-state index >= 15 is 0 Å². The summed E-state index contributed by atoms with van der Waals surface area (Å²) in [6, 6.07) is 7.91. The molecule has 116 valence electrons. The smallest absolute Gasteiger partial charge is 0.180 e. The summed E-state index contributed by atoms with van der Waals surface area (Å²) < 4.78 is 34.9. The third-order valence-electron chi connectivity index (χ3n) is 2.58. The summed E-state index contributed by atoms with van der Waals surface area (Å²) >= 11 is 0. The van der Waals surface area contributed by atoms with E-state index in [1.807, 2.05) is 26.8 Å². The molecule has 0 saturated heterocycles. The molecule has 0 N–H and O–H groups in total. The minimum atomic E-state index is -3.43. The van der Waals surface area contributed by atoms with Gasteiger partial charge in [0.2, 0.25) is 0 Å². The van der Waals surface area contributed by atoms with Crippen molar-refractivity contribution < 1.29 is 17.9 Å². The predicted molar refractivity (Wildman–Crippen MR) is 79.7 cm³/mol. The maximum absolute atomic E-state index is 12.1. The van der Waals surface area contributed by atoms with Gasteiger partial charge in [-0.15, -0.1) is 0 Å². The number of nitrogens with zero attached hydrogens (tertiary/aromatic N) is 1. The molecule has 0 bridgehead atoms. The first-order valence-electron chi connectivity index (χ1n) is 6.69. The van der Waals surface area contributed by atoms with Crippen LogP contribution in [-0.2, 0) is 19.3 Å². The Kier molecular flexibility index (Phi) is 6.34. The van der Waals surface area contributed by atoms with Gasteiger partial charge in [-0.25, -0.2) is 8.42 Å². The van der Waals surface area contributed by atoms with Crippen LogP contribution in [0.3, 0.4) is 0 Å². The second kappa shape index (κ2) is 7.55. The molecule has 1 aromatic carbocycles. The Morgan fingerprint density at radius 2 is 1.90 bits per heavy atom. The van der Waals surface area contributed by atoms with Gasteiger partial charge < -0.3 is 9.47 Å². The zero-order valence-electron chi connectivity index (χ0n) is 12.6. The van der Waals surface area contributed by atoms with Gasteiger partial charge in [0.05, 0.1) is 47.7 Å². The van der Waals surface area contributed by atoms with Crippen LogP contribution in [0.25, 0.3) is 0 Å². The lowest BCUT2D eigenvalue weighted by Crippen LogP contribution is -2.22. The van der Waals surface area contributed by atoms with Crippen LogP contribution in [0.2, 0.25) is 0 Å². The van der Waals surface area contributed by atoms with Crippen molar-refractivity contribution in [3.05, 3.63) is 29.8 Å². The van der Waals surface area contributed by atoms with Crippen LogP contribution >= 0.6 is 0 Å². The zero-order chi connectivity index (χ0) is 15.9. The standard InChI is InChI=1S/C15H21NO4S/c1-15(2,3)20-8-7-19-9-10-21(17,18)14-6-4-5-13(11-14)12-16/h4-6,11H,7-10H2,1-3H3. The molecule has 0 fully saturated rings. The fraction of sp³-hybridized carbons (Fsp3) is 0.533. The van der Waals surface area contributed by atoms with Gasteiger partial charge in [0.25, 0.3) is 0 Å². The Balaban J connectivity index is 2.42. The number of nitriles is 1. The summed E-state index contributed by atoms with van der Waals surface area (Å²) in [6.45, 7) is 6.71. The first-order chi connectivity index (χ1) is 9.74. The highest BCUT2D eigenvalue weighted by Crippen LogP contribution is 2.13. The quantitative estimate of drug-likeness (QED) is 0.721. The second-order valence-corrected chi connectivity index (χ2v) is 7.64. The SMILES string of the molecule is CC(C)(C)OCCOCCS(=O)(=O)c1cccc(C#N)c1. The number of benzene rings is 1. The van der Waals surface area contributed by atoms with E-state index in [9.17, 15) is 8.42 Å². The number of sulfone groups is 1. The normalized spacial score (nSPS) is 12.1. The molecule has 0 aromatic heterocycles. The van der Waals surface area contributed by atoms with Crippen molar-refractivity contribution in [2.75, 3.05) is 25.6 Å². The van der Waals surface area contributed by atoms with Crippen molar-refractivity contribution >= 4 is 9.84 Å². The van der Waals surface area contributed by atoms with Crippen molar-refractivity contribution in [2.24, 2.45) is 0 Å². The molecule has 0 radical (unpaired) electrons. The molecule has 0 atom stereocenters. The van der Waals surface area contributed by atoms with E-state index < -0.39 is 9.84 Å². The Morgan fingerprint density at radius 1 is 1.19 bits per heavy atom. The van der Waals surface area contributed by atoms with E-state index in [0.29, 0.717) is 18.8 Å². The van der Waals surface area contributed by atoms with Crippen LogP contribution in [0, 0.1) is 11.3 Å². The fourth-order valence-corrected chi connectivity index (χ4v) is 2.72. The molecule has 0 saturated carbocycles. The summed E-state index contributed by atoms with van der Waals surface area (Å²) in [6.07, 6.45) is 0. The Labute approximate surface area is 126 Å². The molecule has 0 heterocycles. The molecule has 1 aromatic rings. The lowest BCUT2D eigenvalue weighted by Gasteiger charge is -2.19. The Bertz CT molecular complexity index is 597. The van der Waals surface area contributed by atoms with Crippen molar-refractivity contribution in [1.82, 2.24) is 0 Å². The first-order valence-corrected chi connectivity index (χ1v) is 8.34. The number of rotatable bonds is 7. The van der Waals surface area contributed by atoms with Gasteiger partial charge in [-0.05, 0) is 39.0 Å². The Hall–Kier alpha value is -1.42. The van der Waals surface area contributed by atoms with Crippen LogP contribution in [0.5, 0.6) is 0 Å². The summed E-state index contributed by atoms with van der Waals surface area (Å²) in [5, 5.41) is 8.78. The Morgan fingerprint density at radius 3 is 2.52 bits per heavy atom. The maximum Gasteiger partial charge on any atom is 0.180 e. The van der Waals surface area contributed by atoms with Crippen molar-refractivity contribution in [3.8, 4) is 6.07 Å². The number of hydrogen-bond donors (Lipinski definition) is 0. The van der Waals surface area contributed by atoms with Gasteiger partial charge in [0.15, 0.2) is 9.84 Å². The van der Waals surface area contributed by atoms with Gasteiger partial charge >= 0.3 is 0 Å². The monoisotopic (exact) mass is 311 g/mol. The minimum absolute atomic E-state index is 0.104. The summed E-state index contributed by atoms with van der Waals surface area (Å²) in [5.41, 5.74) is 0.100. The largest absolute Gasteiger partial charge is 0.378 e. The van der Waals surface area contributed by atoms with Gasteiger partial charge in [-0.1, -0.05) is 6.07 Å². The number of ether oxygens (including phenoxy) is 2. The van der Waals surface area contributed by atoms with Crippen LogP contribution in [0.15, 0.2) is 29.2 Å². The van der Waals surface area contributed by atoms with Crippen LogP contribution in [0.1, 0.15) is 26.3 Å². The second-order valence-electron chi connectivity index (χ2n) is 5.53. The van der Waals surface area contributed by atoms with E-state index in [2.05, 4.69) is 0 Å². The minimum Gasteiger partial charge on any atom is -0.378 e.